The van der Waals surface area contributed by atoms with Crippen LogP contribution in [0.15, 0.2) is 5.38 Å². The third-order valence-electron chi connectivity index (χ3n) is 5.57. The Kier molecular flexibility index (Phi) is 2.78. The number of hydrogen-bond acceptors (Lipinski definition) is 5. The highest BCUT2D eigenvalue weighted by atomic mass is 32.1. The second-order valence-electron chi connectivity index (χ2n) is 7.08. The molecule has 21 heavy (non-hydrogen) atoms. The van der Waals surface area contributed by atoms with Crippen LogP contribution in [0.4, 0.5) is 5.13 Å². The van der Waals surface area contributed by atoms with Crippen molar-refractivity contribution >= 4 is 22.4 Å². The van der Waals surface area contributed by atoms with Gasteiger partial charge >= 0.3 is 0 Å². The van der Waals surface area contributed by atoms with Crippen molar-refractivity contribution in [3.63, 3.8) is 0 Å². The largest absolute Gasteiger partial charge is 0.377 e. The molecule has 2 saturated carbocycles. The number of nitrogens with one attached hydrogen (secondary N) is 1. The normalized spacial score (nSPS) is 36.9. The Hall–Kier alpha value is -0.980. The first kappa shape index (κ1) is 13.7. The first-order chi connectivity index (χ1) is 9.94. The van der Waals surface area contributed by atoms with Gasteiger partial charge in [-0.15, -0.1) is 11.3 Å². The predicted octanol–water partition coefficient (Wildman–Crippen LogP) is 2.10. The summed E-state index contributed by atoms with van der Waals surface area (Å²) >= 11 is 1.49. The summed E-state index contributed by atoms with van der Waals surface area (Å²) in [7, 11) is 0. The van der Waals surface area contributed by atoms with E-state index in [9.17, 15) is 4.79 Å². The molecule has 1 aromatic heterocycles. The second-order valence-corrected chi connectivity index (χ2v) is 7.94. The summed E-state index contributed by atoms with van der Waals surface area (Å²) in [6.45, 7) is 4.75. The number of thiazole rings is 1. The lowest BCUT2D eigenvalue weighted by molar-refractivity contribution is -0.170. The molecule has 2 aliphatic carbocycles. The molecule has 3 unspecified atom stereocenters. The average molecular weight is 307 g/mol. The van der Waals surface area contributed by atoms with Gasteiger partial charge in [0, 0.05) is 29.2 Å². The van der Waals surface area contributed by atoms with Crippen molar-refractivity contribution in [1.82, 2.24) is 4.98 Å². The lowest BCUT2D eigenvalue weighted by atomic mass is 9.48. The van der Waals surface area contributed by atoms with Crippen LogP contribution in [0.5, 0.6) is 0 Å². The molecule has 114 valence electrons. The molecular weight excluding hydrogens is 286 g/mol. The van der Waals surface area contributed by atoms with Gasteiger partial charge in [0.15, 0.2) is 5.13 Å². The van der Waals surface area contributed by atoms with Gasteiger partial charge in [-0.25, -0.2) is 4.98 Å². The molecule has 0 spiro atoms. The third kappa shape index (κ3) is 1.76. The molecule has 6 heteroatoms. The van der Waals surface area contributed by atoms with Crippen molar-refractivity contribution < 1.29 is 9.53 Å². The van der Waals surface area contributed by atoms with Gasteiger partial charge in [-0.05, 0) is 19.3 Å². The molecular formula is C15H21N3O2S. The number of rotatable bonds is 3. The maximum atomic E-state index is 12.7. The highest BCUT2D eigenvalue weighted by Crippen LogP contribution is 2.58. The van der Waals surface area contributed by atoms with Gasteiger partial charge in [0.25, 0.3) is 0 Å². The number of nitrogens with zero attached hydrogens (tertiary/aromatic N) is 1. The minimum atomic E-state index is -0.862. The van der Waals surface area contributed by atoms with Crippen LogP contribution in [-0.2, 0) is 9.53 Å². The molecule has 4 rings (SSSR count). The van der Waals surface area contributed by atoms with Crippen molar-refractivity contribution in [3.8, 4) is 0 Å². The zero-order valence-corrected chi connectivity index (χ0v) is 13.2. The lowest BCUT2D eigenvalue weighted by Crippen LogP contribution is -2.79. The number of nitrogens with two attached hydrogens (primary N) is 1. The van der Waals surface area contributed by atoms with Crippen LogP contribution in [0.1, 0.15) is 44.7 Å². The Morgan fingerprint density at radius 2 is 2.24 bits per heavy atom. The molecule has 1 saturated heterocycles. The fraction of sp³-hybridized carbons (Fsp3) is 0.733. The Labute approximate surface area is 128 Å². The number of hydrogen-bond donors (Lipinski definition) is 2. The summed E-state index contributed by atoms with van der Waals surface area (Å²) in [4.78, 5) is 17.3. The SMILES string of the molecule is CC1(C)C2OCCC2C1(N)C(=O)Nc1nc(C2CC2)cs1. The number of fused-ring (bicyclic) bond motifs is 1. The van der Waals surface area contributed by atoms with Crippen LogP contribution in [0.25, 0.3) is 0 Å². The van der Waals surface area contributed by atoms with E-state index in [0.717, 1.165) is 12.1 Å². The van der Waals surface area contributed by atoms with Gasteiger partial charge in [0.05, 0.1) is 11.8 Å². The molecule has 0 radical (unpaired) electrons. The molecule has 0 bridgehead atoms. The second kappa shape index (κ2) is 4.27. The molecule has 3 fully saturated rings. The molecule has 1 aromatic rings. The van der Waals surface area contributed by atoms with E-state index >= 15 is 0 Å². The zero-order chi connectivity index (χ0) is 14.8. The summed E-state index contributed by atoms with van der Waals surface area (Å²) in [6.07, 6.45) is 3.40. The molecule has 2 heterocycles. The van der Waals surface area contributed by atoms with Crippen LogP contribution in [0.3, 0.4) is 0 Å². The first-order valence-electron chi connectivity index (χ1n) is 7.62. The van der Waals surface area contributed by atoms with Crippen molar-refractivity contribution in [2.24, 2.45) is 17.1 Å². The van der Waals surface area contributed by atoms with Gasteiger partial charge in [-0.1, -0.05) is 13.8 Å². The Morgan fingerprint density at radius 1 is 1.48 bits per heavy atom. The van der Waals surface area contributed by atoms with Gasteiger partial charge in [0.2, 0.25) is 5.91 Å². The summed E-state index contributed by atoms with van der Waals surface area (Å²) < 4.78 is 5.73. The minimum Gasteiger partial charge on any atom is -0.377 e. The van der Waals surface area contributed by atoms with Crippen LogP contribution in [-0.4, -0.2) is 29.1 Å². The molecule has 0 aromatic carbocycles. The number of aromatic nitrogens is 1. The minimum absolute atomic E-state index is 0.103. The Bertz CT molecular complexity index is 595. The average Bonchev–Trinajstić information content (AvgIpc) is 3.01. The third-order valence-corrected chi connectivity index (χ3v) is 6.34. The monoisotopic (exact) mass is 307 g/mol. The van der Waals surface area contributed by atoms with Gasteiger partial charge < -0.3 is 15.8 Å². The standard InChI is InChI=1S/C15H21N3O2S/c1-14(2)11-9(5-6-20-11)15(14,16)12(19)18-13-17-10(7-21-13)8-3-4-8/h7-9,11H,3-6,16H2,1-2H3,(H,17,18,19). The zero-order valence-electron chi connectivity index (χ0n) is 12.4. The lowest BCUT2D eigenvalue weighted by Gasteiger charge is -2.60. The maximum Gasteiger partial charge on any atom is 0.247 e. The van der Waals surface area contributed by atoms with E-state index in [1.54, 1.807) is 0 Å². The van der Waals surface area contributed by atoms with Crippen molar-refractivity contribution in [2.75, 3.05) is 11.9 Å². The molecule has 3 N–H and O–H groups in total. The molecule has 3 atom stereocenters. The number of carbonyl (C=O) groups excluding carboxylic acids is 1. The number of ether oxygens (including phenoxy) is 1. The van der Waals surface area contributed by atoms with E-state index in [0.29, 0.717) is 17.7 Å². The number of anilines is 1. The molecule has 3 aliphatic rings. The molecule has 1 aliphatic heterocycles. The summed E-state index contributed by atoms with van der Waals surface area (Å²) in [5, 5.41) is 5.66. The number of carbonyl (C=O) groups is 1. The van der Waals surface area contributed by atoms with Crippen molar-refractivity contribution in [3.05, 3.63) is 11.1 Å². The smallest absolute Gasteiger partial charge is 0.247 e. The predicted molar refractivity (Wildman–Crippen MR) is 81.3 cm³/mol. The summed E-state index contributed by atoms with van der Waals surface area (Å²) in [5.74, 6) is 0.609. The van der Waals surface area contributed by atoms with E-state index in [1.165, 1.54) is 24.2 Å². The fourth-order valence-electron chi connectivity index (χ4n) is 3.96. The maximum absolute atomic E-state index is 12.7. The highest BCUT2D eigenvalue weighted by molar-refractivity contribution is 7.14. The fourth-order valence-corrected chi connectivity index (χ4v) is 4.74. The quantitative estimate of drug-likeness (QED) is 0.896. The molecule has 5 nitrogen and oxygen atoms in total. The summed E-state index contributed by atoms with van der Waals surface area (Å²) in [6, 6.07) is 0. The Balaban J connectivity index is 1.53. The molecule has 1 amide bonds. The van der Waals surface area contributed by atoms with Crippen LogP contribution in [0.2, 0.25) is 0 Å². The van der Waals surface area contributed by atoms with Gasteiger partial charge in [-0.3, -0.25) is 4.79 Å². The van der Waals surface area contributed by atoms with E-state index in [1.807, 2.05) is 19.2 Å². The van der Waals surface area contributed by atoms with Gasteiger partial charge in [0.1, 0.15) is 5.54 Å². The van der Waals surface area contributed by atoms with E-state index in [4.69, 9.17) is 10.5 Å². The van der Waals surface area contributed by atoms with E-state index in [-0.39, 0.29) is 23.3 Å². The Morgan fingerprint density at radius 3 is 2.95 bits per heavy atom. The van der Waals surface area contributed by atoms with Crippen molar-refractivity contribution in [2.45, 2.75) is 50.7 Å². The topological polar surface area (TPSA) is 77.2 Å². The van der Waals surface area contributed by atoms with E-state index < -0.39 is 5.54 Å². The first-order valence-corrected chi connectivity index (χ1v) is 8.50. The highest BCUT2D eigenvalue weighted by Gasteiger charge is 2.71. The van der Waals surface area contributed by atoms with Crippen LogP contribution < -0.4 is 11.1 Å². The van der Waals surface area contributed by atoms with Crippen LogP contribution >= 0.6 is 11.3 Å². The van der Waals surface area contributed by atoms with Gasteiger partial charge in [-0.2, -0.15) is 0 Å². The van der Waals surface area contributed by atoms with E-state index in [2.05, 4.69) is 10.3 Å². The summed E-state index contributed by atoms with van der Waals surface area (Å²) in [5.41, 5.74) is 6.43. The van der Waals surface area contributed by atoms with Crippen molar-refractivity contribution in [1.29, 1.82) is 0 Å². The number of amides is 1. The van der Waals surface area contributed by atoms with Crippen LogP contribution in [0, 0.1) is 11.3 Å².